The Hall–Kier alpha value is -4.54. The predicted molar refractivity (Wildman–Crippen MR) is 211 cm³/mol. The van der Waals surface area contributed by atoms with Crippen molar-refractivity contribution in [1.82, 2.24) is 24.8 Å². The number of halogens is 2. The van der Waals surface area contributed by atoms with Crippen molar-refractivity contribution in [3.8, 4) is 11.6 Å². The number of sulfonamides is 1. The molecule has 1 aromatic heterocycles. The molecule has 3 fully saturated rings. The highest BCUT2D eigenvalue weighted by Crippen LogP contribution is 2.50. The molecule has 6 rings (SSSR count). The molecule has 7 atom stereocenters. The van der Waals surface area contributed by atoms with Crippen molar-refractivity contribution in [2.75, 3.05) is 13.2 Å². The van der Waals surface area contributed by atoms with Gasteiger partial charge in [-0.25, -0.2) is 18.2 Å². The number of ether oxygens (including phenoxy) is 2. The van der Waals surface area contributed by atoms with Gasteiger partial charge in [-0.05, 0) is 91.0 Å². The van der Waals surface area contributed by atoms with Gasteiger partial charge in [0.25, 0.3) is 5.91 Å². The highest BCUT2D eigenvalue weighted by Gasteiger charge is 2.72. The van der Waals surface area contributed by atoms with Gasteiger partial charge in [0, 0.05) is 22.7 Å². The number of nitrogens with zero attached hydrogens (tertiary/aromatic N) is 3. The van der Waals surface area contributed by atoms with Crippen molar-refractivity contribution in [2.45, 2.75) is 133 Å². The summed E-state index contributed by atoms with van der Waals surface area (Å²) in [4.78, 5) is 62.7. The molecule has 4 aliphatic rings. The molecule has 0 radical (unpaired) electrons. The molecule has 3 N–H and O–H groups in total. The second kappa shape index (κ2) is 15.6. The molecule has 14 nitrogen and oxygen atoms in total. The van der Waals surface area contributed by atoms with Crippen LogP contribution >= 0.6 is 0 Å². The summed E-state index contributed by atoms with van der Waals surface area (Å²) in [6, 6.07) is 1.88. The van der Waals surface area contributed by atoms with Crippen molar-refractivity contribution < 1.29 is 51.0 Å². The maximum Gasteiger partial charge on any atom is 0.408 e. The Morgan fingerprint density at radius 2 is 1.81 bits per heavy atom. The summed E-state index contributed by atoms with van der Waals surface area (Å²) in [5.74, 6) is -8.94. The monoisotopic (exact) mass is 831 g/mol. The van der Waals surface area contributed by atoms with Gasteiger partial charge in [0.1, 0.15) is 17.3 Å². The van der Waals surface area contributed by atoms with E-state index in [0.717, 1.165) is 11.8 Å². The standard InChI is InChI=1S/C41H55F2N5O9S/c1-8-26-20-25(5)14-10-11-15-27-21-40(27,36(51)46-58(54,55)38(6)18-19-38)45-33(49)32-41(42,43)39(7,23-47(32)35(50)31(26)48(24(3)4)37(52)53)57-34-29-17-13-12-16-28(29)30(22-44-34)56-9-2/h11-13,15-17,22,24-27,31-32H,8-10,14,18-21,23H2,1-7H3,(H,45,49)(H,46,51)(H,52,53)/b15-11-/t25-,26-,27-,31+,32+,39-,40-/m1/s1. The van der Waals surface area contributed by atoms with Crippen molar-refractivity contribution in [3.63, 3.8) is 0 Å². The van der Waals surface area contributed by atoms with Crippen LogP contribution in [0.25, 0.3) is 10.8 Å². The average Bonchev–Trinajstić information content (AvgIpc) is 4.06. The van der Waals surface area contributed by atoms with Crippen LogP contribution in [0.2, 0.25) is 0 Å². The van der Waals surface area contributed by atoms with E-state index in [2.05, 4.69) is 15.0 Å². The number of carbonyl (C=O) groups is 4. The number of alkyl halides is 2. The molecule has 58 heavy (non-hydrogen) atoms. The second-order valence-electron chi connectivity index (χ2n) is 17.1. The van der Waals surface area contributed by atoms with Gasteiger partial charge in [0.15, 0.2) is 11.6 Å². The molecule has 17 heteroatoms. The van der Waals surface area contributed by atoms with Crippen LogP contribution in [0.3, 0.4) is 0 Å². The van der Waals surface area contributed by atoms with E-state index in [-0.39, 0.29) is 18.2 Å². The Morgan fingerprint density at radius 3 is 2.41 bits per heavy atom. The number of carbonyl (C=O) groups excluding carboxylic acids is 3. The van der Waals surface area contributed by atoms with Crippen molar-refractivity contribution in [3.05, 3.63) is 42.6 Å². The van der Waals surface area contributed by atoms with E-state index in [4.69, 9.17) is 9.47 Å². The fraction of sp³-hybridized carbons (Fsp3) is 0.634. The SMILES string of the molecule is CCOc1cnc(O[C@]2(C)CN3C(=O)[C@@H](N(C(=O)O)C(C)C)[C@H](CC)C[C@H](C)CC/C=C\[C@@H]4C[C@@]4(C(=O)NS(=O)(=O)C4(C)CC4)NC(=O)[C@H]3C2(F)F)c2ccccc12. The molecule has 3 heterocycles. The molecule has 4 amide bonds. The number of pyridine rings is 1. The molecule has 2 aliphatic heterocycles. The normalized spacial score (nSPS) is 31.2. The minimum absolute atomic E-state index is 0.0438. The summed E-state index contributed by atoms with van der Waals surface area (Å²) in [6.07, 6.45) is 5.82. The first-order valence-corrected chi connectivity index (χ1v) is 21.6. The molecule has 2 aromatic rings. The van der Waals surface area contributed by atoms with Gasteiger partial charge in [-0.1, -0.05) is 50.6 Å². The Labute approximate surface area is 338 Å². The second-order valence-corrected chi connectivity index (χ2v) is 19.3. The van der Waals surface area contributed by atoms with Gasteiger partial charge in [-0.2, -0.15) is 8.78 Å². The zero-order valence-electron chi connectivity index (χ0n) is 34.1. The lowest BCUT2D eigenvalue weighted by Crippen LogP contribution is -2.63. The van der Waals surface area contributed by atoms with E-state index in [9.17, 15) is 27.9 Å². The van der Waals surface area contributed by atoms with Gasteiger partial charge < -0.3 is 24.8 Å². The number of nitrogens with one attached hydrogen (secondary N) is 2. The van der Waals surface area contributed by atoms with Crippen LogP contribution < -0.4 is 19.5 Å². The first-order chi connectivity index (χ1) is 27.2. The van der Waals surface area contributed by atoms with Gasteiger partial charge in [0.05, 0.1) is 24.1 Å². The molecule has 1 aromatic carbocycles. The first kappa shape index (κ1) is 43.0. The Bertz CT molecular complexity index is 2100. The molecular formula is C41H55F2N5O9S. The highest BCUT2D eigenvalue weighted by atomic mass is 32.2. The number of aromatic nitrogens is 1. The van der Waals surface area contributed by atoms with Crippen LogP contribution in [0.4, 0.5) is 13.6 Å². The summed E-state index contributed by atoms with van der Waals surface area (Å²) < 4.78 is 74.4. The van der Waals surface area contributed by atoms with Crippen LogP contribution in [0.5, 0.6) is 11.6 Å². The van der Waals surface area contributed by atoms with Gasteiger partial charge in [0.2, 0.25) is 27.7 Å². The molecule has 318 valence electrons. The number of benzene rings is 1. The van der Waals surface area contributed by atoms with Crippen molar-refractivity contribution in [2.24, 2.45) is 17.8 Å². The summed E-state index contributed by atoms with van der Waals surface area (Å²) in [5, 5.41) is 13.9. The van der Waals surface area contributed by atoms with Crippen molar-refractivity contribution >= 4 is 44.6 Å². The maximum absolute atomic E-state index is 17.6. The lowest BCUT2D eigenvalue weighted by atomic mass is 9.83. The van der Waals surface area contributed by atoms with Crippen LogP contribution in [0.15, 0.2) is 42.6 Å². The average molecular weight is 832 g/mol. The number of hydrogen-bond acceptors (Lipinski definition) is 9. The number of allylic oxidation sites excluding steroid dienone is 1. The number of fused-ring (bicyclic) bond motifs is 3. The molecule has 0 spiro atoms. The lowest BCUT2D eigenvalue weighted by Gasteiger charge is -2.40. The zero-order chi connectivity index (χ0) is 42.6. The third-order valence-electron chi connectivity index (χ3n) is 12.5. The highest BCUT2D eigenvalue weighted by molar-refractivity contribution is 7.91. The van der Waals surface area contributed by atoms with Gasteiger partial charge >= 0.3 is 12.0 Å². The van der Waals surface area contributed by atoms with E-state index in [0.29, 0.717) is 66.6 Å². The van der Waals surface area contributed by atoms with Crippen LogP contribution in [0, 0.1) is 17.8 Å². The minimum Gasteiger partial charge on any atom is -0.492 e. The molecule has 1 saturated heterocycles. The summed E-state index contributed by atoms with van der Waals surface area (Å²) >= 11 is 0. The molecular weight excluding hydrogens is 777 g/mol. The van der Waals surface area contributed by atoms with Crippen LogP contribution in [-0.2, 0) is 24.4 Å². The molecule has 0 unspecified atom stereocenters. The number of hydrogen-bond donors (Lipinski definition) is 3. The third kappa shape index (κ3) is 7.58. The molecule has 2 aliphatic carbocycles. The van der Waals surface area contributed by atoms with E-state index in [1.165, 1.54) is 13.1 Å². The summed E-state index contributed by atoms with van der Waals surface area (Å²) in [6.45, 7) is 10.7. The topological polar surface area (TPSA) is 185 Å². The number of amides is 4. The van der Waals surface area contributed by atoms with Gasteiger partial charge in [-0.3, -0.25) is 24.0 Å². The molecule has 0 bridgehead atoms. The fourth-order valence-electron chi connectivity index (χ4n) is 8.55. The predicted octanol–water partition coefficient (Wildman–Crippen LogP) is 5.65. The van der Waals surface area contributed by atoms with Crippen LogP contribution in [-0.4, -0.2) is 105 Å². The van der Waals surface area contributed by atoms with E-state index in [1.54, 1.807) is 58.0 Å². The van der Waals surface area contributed by atoms with Crippen molar-refractivity contribution in [1.29, 1.82) is 0 Å². The smallest absolute Gasteiger partial charge is 0.408 e. The maximum atomic E-state index is 17.6. The Kier molecular flexibility index (Phi) is 11.6. The lowest BCUT2D eigenvalue weighted by molar-refractivity contribution is -0.163. The number of rotatable bonds is 10. The quantitative estimate of drug-likeness (QED) is 0.253. The van der Waals surface area contributed by atoms with E-state index < -0.39 is 92.2 Å². The van der Waals surface area contributed by atoms with Crippen LogP contribution in [0.1, 0.15) is 93.4 Å². The zero-order valence-corrected chi connectivity index (χ0v) is 34.9. The summed E-state index contributed by atoms with van der Waals surface area (Å²) in [7, 11) is -4.19. The number of carboxylic acid groups (broad SMARTS) is 1. The fourth-order valence-corrected chi connectivity index (χ4v) is 9.86. The Balaban J connectivity index is 1.49. The molecule has 2 saturated carbocycles. The largest absolute Gasteiger partial charge is 0.492 e. The Morgan fingerprint density at radius 1 is 1.14 bits per heavy atom. The third-order valence-corrected chi connectivity index (χ3v) is 14.7. The summed E-state index contributed by atoms with van der Waals surface area (Å²) in [5.41, 5.74) is -4.56. The minimum atomic E-state index is -4.20. The van der Waals surface area contributed by atoms with E-state index in [1.807, 2.05) is 13.0 Å². The van der Waals surface area contributed by atoms with E-state index >= 15 is 13.6 Å². The van der Waals surface area contributed by atoms with Gasteiger partial charge in [-0.15, -0.1) is 0 Å². The first-order valence-electron chi connectivity index (χ1n) is 20.1.